The monoisotopic (exact) mass is 491 g/mol. The van der Waals surface area contributed by atoms with E-state index >= 15 is 0 Å². The van der Waals surface area contributed by atoms with Gasteiger partial charge in [0.05, 0.1) is 32.5 Å². The molecule has 11 nitrogen and oxygen atoms in total. The van der Waals surface area contributed by atoms with Crippen molar-refractivity contribution in [1.82, 2.24) is 5.06 Å². The van der Waals surface area contributed by atoms with Gasteiger partial charge in [-0.1, -0.05) is 11.5 Å². The number of nitrogens with zero attached hydrogens (tertiary/aromatic N) is 1. The minimum Gasteiger partial charge on any atom is -0.442 e. The molecule has 0 saturated heterocycles. The van der Waals surface area contributed by atoms with Gasteiger partial charge in [0.2, 0.25) is 0 Å². The minimum atomic E-state index is -0.973. The number of imide groups is 1. The summed E-state index contributed by atoms with van der Waals surface area (Å²) in [5, 5.41) is 0.452. The molecule has 0 aromatic rings. The number of carbonyl (C=O) groups is 3. The maximum atomic E-state index is 12.3. The Hall–Kier alpha value is -1.79. The number of Topliss-reactive ketones (excluding diaryl/α,β-unsaturated/α-hetero) is 1. The van der Waals surface area contributed by atoms with Crippen molar-refractivity contribution in [2.45, 2.75) is 90.9 Å². The number of hydrogen-bond donors (Lipinski definition) is 2. The summed E-state index contributed by atoms with van der Waals surface area (Å²) in [6.07, 6.45) is 1.41. The molecule has 0 aromatic heterocycles. The average molecular weight is 492 g/mol. The van der Waals surface area contributed by atoms with Crippen molar-refractivity contribution >= 4 is 18.0 Å². The van der Waals surface area contributed by atoms with Crippen molar-refractivity contribution in [3.63, 3.8) is 0 Å². The molecule has 0 aliphatic heterocycles. The molecule has 0 heterocycles. The molecule has 11 heteroatoms. The van der Waals surface area contributed by atoms with Crippen LogP contribution >= 0.6 is 0 Å². The zero-order valence-electron chi connectivity index (χ0n) is 21.7. The van der Waals surface area contributed by atoms with Gasteiger partial charge in [-0.05, 0) is 67.3 Å². The summed E-state index contributed by atoms with van der Waals surface area (Å²) in [6.45, 7) is 11.7. The van der Waals surface area contributed by atoms with Crippen LogP contribution in [0.4, 0.5) is 9.59 Å². The third kappa shape index (κ3) is 17.7. The topological polar surface area (TPSA) is 153 Å². The first-order chi connectivity index (χ1) is 15.8. The van der Waals surface area contributed by atoms with Crippen LogP contribution in [-0.2, 0) is 28.6 Å². The fraction of sp³-hybridized carbons (Fsp3) is 0.870. The normalized spacial score (nSPS) is 12.8. The molecule has 0 radical (unpaired) electrons. The van der Waals surface area contributed by atoms with Gasteiger partial charge in [0.15, 0.2) is 0 Å². The van der Waals surface area contributed by atoms with E-state index in [0.717, 1.165) is 12.8 Å². The SMILES string of the molecule is CC(C)(C)OC(=O)N(OCCOCCOCCCC(=O)[C@@H](N)CCCCN)C(=O)OC(C)(C)C. The third-order valence-corrected chi connectivity index (χ3v) is 4.03. The zero-order valence-corrected chi connectivity index (χ0v) is 21.7. The summed E-state index contributed by atoms with van der Waals surface area (Å²) in [6, 6.07) is -0.434. The Balaban J connectivity index is 4.10. The molecule has 0 aromatic carbocycles. The lowest BCUT2D eigenvalue weighted by Gasteiger charge is -2.27. The summed E-state index contributed by atoms with van der Waals surface area (Å²) in [7, 11) is 0. The fourth-order valence-electron chi connectivity index (χ4n) is 2.50. The number of hydrogen-bond acceptors (Lipinski definition) is 10. The average Bonchev–Trinajstić information content (AvgIpc) is 2.69. The number of amides is 2. The van der Waals surface area contributed by atoms with Gasteiger partial charge in [-0.2, -0.15) is 0 Å². The predicted molar refractivity (Wildman–Crippen MR) is 127 cm³/mol. The van der Waals surface area contributed by atoms with E-state index in [1.807, 2.05) is 0 Å². The number of ether oxygens (including phenoxy) is 4. The van der Waals surface area contributed by atoms with Gasteiger partial charge in [-0.15, -0.1) is 0 Å². The van der Waals surface area contributed by atoms with Crippen molar-refractivity contribution in [3.8, 4) is 0 Å². The minimum absolute atomic E-state index is 0.0357. The molecule has 4 N–H and O–H groups in total. The molecule has 0 spiro atoms. The van der Waals surface area contributed by atoms with Crippen molar-refractivity contribution in [1.29, 1.82) is 0 Å². The molecule has 0 bridgehead atoms. The van der Waals surface area contributed by atoms with Crippen molar-refractivity contribution in [3.05, 3.63) is 0 Å². The first-order valence-corrected chi connectivity index (χ1v) is 11.8. The first kappa shape index (κ1) is 32.2. The Bertz CT molecular complexity index is 574. The van der Waals surface area contributed by atoms with E-state index in [9.17, 15) is 14.4 Å². The highest BCUT2D eigenvalue weighted by Gasteiger charge is 2.32. The van der Waals surface area contributed by atoms with E-state index in [1.54, 1.807) is 41.5 Å². The quantitative estimate of drug-likeness (QED) is 0.243. The van der Waals surface area contributed by atoms with Crippen LogP contribution < -0.4 is 11.5 Å². The zero-order chi connectivity index (χ0) is 26.2. The molecule has 0 aliphatic rings. The molecule has 0 fully saturated rings. The lowest BCUT2D eigenvalue weighted by Crippen LogP contribution is -2.44. The molecule has 0 saturated carbocycles. The van der Waals surface area contributed by atoms with Gasteiger partial charge in [0.25, 0.3) is 0 Å². The highest BCUT2D eigenvalue weighted by Crippen LogP contribution is 2.14. The van der Waals surface area contributed by atoms with E-state index in [1.165, 1.54) is 0 Å². The molecule has 0 aliphatic carbocycles. The largest absolute Gasteiger partial charge is 0.444 e. The standard InChI is InChI=1S/C23H45N3O8/c1-22(2,3)33-20(28)26(21(29)34-23(4,5)6)32-17-16-31-15-14-30-13-9-11-19(27)18(25)10-7-8-12-24/h18H,7-17,24-25H2,1-6H3/t18-/m0/s1. The number of carbonyl (C=O) groups excluding carboxylic acids is 3. The molecule has 1 atom stereocenters. The van der Waals surface area contributed by atoms with Crippen LogP contribution in [-0.4, -0.2) is 79.9 Å². The van der Waals surface area contributed by atoms with Crippen LogP contribution in [0.25, 0.3) is 0 Å². The molecular formula is C23H45N3O8. The van der Waals surface area contributed by atoms with E-state index in [-0.39, 0.29) is 25.6 Å². The number of hydroxylamine groups is 2. The van der Waals surface area contributed by atoms with E-state index < -0.39 is 29.4 Å². The lowest BCUT2D eigenvalue weighted by atomic mass is 10.0. The summed E-state index contributed by atoms with van der Waals surface area (Å²) in [5.74, 6) is 0.0357. The highest BCUT2D eigenvalue weighted by atomic mass is 16.8. The van der Waals surface area contributed by atoms with Crippen molar-refractivity contribution in [2.75, 3.05) is 39.6 Å². The molecule has 2 amide bonds. The van der Waals surface area contributed by atoms with Gasteiger partial charge in [-0.25, -0.2) is 9.59 Å². The van der Waals surface area contributed by atoms with Gasteiger partial charge >= 0.3 is 12.2 Å². The van der Waals surface area contributed by atoms with Gasteiger partial charge < -0.3 is 30.4 Å². The van der Waals surface area contributed by atoms with Gasteiger partial charge in [0.1, 0.15) is 17.0 Å². The van der Waals surface area contributed by atoms with Crippen LogP contribution in [0.2, 0.25) is 0 Å². The molecule has 0 unspecified atom stereocenters. The number of nitrogens with two attached hydrogens (primary N) is 2. The van der Waals surface area contributed by atoms with Crippen LogP contribution in [0.1, 0.15) is 73.6 Å². The predicted octanol–water partition coefficient (Wildman–Crippen LogP) is 2.93. The fourth-order valence-corrected chi connectivity index (χ4v) is 2.50. The Morgan fingerprint density at radius 2 is 1.26 bits per heavy atom. The Kier molecular flexibility index (Phi) is 15.9. The summed E-state index contributed by atoms with van der Waals surface area (Å²) < 4.78 is 21.2. The van der Waals surface area contributed by atoms with Crippen LogP contribution in [0.3, 0.4) is 0 Å². The number of unbranched alkanes of at least 4 members (excludes halogenated alkanes) is 1. The van der Waals surface area contributed by atoms with E-state index in [2.05, 4.69) is 0 Å². The molecular weight excluding hydrogens is 446 g/mol. The van der Waals surface area contributed by atoms with Gasteiger partial charge in [0, 0.05) is 13.0 Å². The van der Waals surface area contributed by atoms with Crippen molar-refractivity contribution < 1.29 is 38.2 Å². The smallest absolute Gasteiger partial charge is 0.442 e. The third-order valence-electron chi connectivity index (χ3n) is 4.03. The maximum Gasteiger partial charge on any atom is 0.444 e. The van der Waals surface area contributed by atoms with Crippen LogP contribution in [0.5, 0.6) is 0 Å². The summed E-state index contributed by atoms with van der Waals surface area (Å²) in [5.41, 5.74) is 9.67. The second kappa shape index (κ2) is 16.8. The highest BCUT2D eigenvalue weighted by molar-refractivity contribution is 5.86. The molecule has 200 valence electrons. The first-order valence-electron chi connectivity index (χ1n) is 11.8. The maximum absolute atomic E-state index is 12.3. The van der Waals surface area contributed by atoms with E-state index in [4.69, 9.17) is 35.3 Å². The lowest BCUT2D eigenvalue weighted by molar-refractivity contribution is -0.148. The van der Waals surface area contributed by atoms with Crippen molar-refractivity contribution in [2.24, 2.45) is 11.5 Å². The molecule has 34 heavy (non-hydrogen) atoms. The Morgan fingerprint density at radius 3 is 1.76 bits per heavy atom. The number of rotatable bonds is 16. The summed E-state index contributed by atoms with van der Waals surface area (Å²) >= 11 is 0. The van der Waals surface area contributed by atoms with Crippen LogP contribution in [0.15, 0.2) is 0 Å². The summed E-state index contributed by atoms with van der Waals surface area (Å²) in [4.78, 5) is 41.8. The number of ketones is 1. The Labute approximate surface area is 203 Å². The Morgan fingerprint density at radius 1 is 0.765 bits per heavy atom. The van der Waals surface area contributed by atoms with Gasteiger partial charge in [-0.3, -0.25) is 9.63 Å². The van der Waals surface area contributed by atoms with E-state index in [0.29, 0.717) is 44.1 Å². The van der Waals surface area contributed by atoms with Crippen LogP contribution in [0, 0.1) is 0 Å². The second-order valence-electron chi connectivity index (χ2n) is 9.77. The molecule has 0 rings (SSSR count). The second-order valence-corrected chi connectivity index (χ2v) is 9.77.